The van der Waals surface area contributed by atoms with Crippen LogP contribution in [0.1, 0.15) is 22.8 Å². The van der Waals surface area contributed by atoms with Crippen LogP contribution in [0.5, 0.6) is 5.75 Å². The van der Waals surface area contributed by atoms with Crippen molar-refractivity contribution in [3.8, 4) is 5.75 Å². The smallest absolute Gasteiger partial charge is 0.416 e. The van der Waals surface area contributed by atoms with Crippen molar-refractivity contribution in [1.29, 1.82) is 0 Å². The average molecular weight is 376 g/mol. The third kappa shape index (κ3) is 4.15. The summed E-state index contributed by atoms with van der Waals surface area (Å²) in [7, 11) is 1.35. The van der Waals surface area contributed by atoms with Gasteiger partial charge in [-0.3, -0.25) is 5.32 Å². The van der Waals surface area contributed by atoms with Crippen molar-refractivity contribution in [2.45, 2.75) is 12.3 Å². The molecule has 0 spiro atoms. The van der Waals surface area contributed by atoms with E-state index in [9.17, 15) is 23.1 Å². The standard InChI is InChI=1S/C16H13ClF3NO4/c1-25-12-4-2-3-9(13(12)17)14(22)10-7-8(16(18,19)20)5-6-11(10)21-15(23)24/h2-7,14,21-22H,1H3,(H,23,24). The van der Waals surface area contributed by atoms with E-state index in [-0.39, 0.29) is 27.6 Å². The summed E-state index contributed by atoms with van der Waals surface area (Å²) in [5, 5.41) is 21.4. The van der Waals surface area contributed by atoms with Gasteiger partial charge in [-0.1, -0.05) is 23.7 Å². The average Bonchev–Trinajstić information content (AvgIpc) is 2.53. The molecule has 1 unspecified atom stereocenters. The number of amides is 1. The number of aliphatic hydroxyl groups excluding tert-OH is 1. The molecule has 3 N–H and O–H groups in total. The molecular weight excluding hydrogens is 363 g/mol. The Labute approximate surface area is 145 Å². The van der Waals surface area contributed by atoms with E-state index in [1.807, 2.05) is 5.32 Å². The fourth-order valence-corrected chi connectivity index (χ4v) is 2.56. The van der Waals surface area contributed by atoms with Crippen molar-refractivity contribution in [2.75, 3.05) is 12.4 Å². The van der Waals surface area contributed by atoms with Gasteiger partial charge in [-0.15, -0.1) is 0 Å². The molecule has 0 bridgehead atoms. The van der Waals surface area contributed by atoms with E-state index in [1.54, 1.807) is 0 Å². The van der Waals surface area contributed by atoms with Gasteiger partial charge >= 0.3 is 12.3 Å². The number of benzene rings is 2. The fraction of sp³-hybridized carbons (Fsp3) is 0.188. The van der Waals surface area contributed by atoms with Crippen LogP contribution < -0.4 is 10.1 Å². The van der Waals surface area contributed by atoms with Crippen LogP contribution in [0.15, 0.2) is 36.4 Å². The summed E-state index contributed by atoms with van der Waals surface area (Å²) in [5.74, 6) is 0.220. The van der Waals surface area contributed by atoms with Crippen LogP contribution in [0.3, 0.4) is 0 Å². The predicted octanol–water partition coefficient (Wildman–Crippen LogP) is 4.54. The Kier molecular flexibility index (Phi) is 5.44. The van der Waals surface area contributed by atoms with Crippen LogP contribution in [0.2, 0.25) is 5.02 Å². The Morgan fingerprint density at radius 2 is 1.92 bits per heavy atom. The Bertz CT molecular complexity index is 795. The van der Waals surface area contributed by atoms with Crippen molar-refractivity contribution in [1.82, 2.24) is 0 Å². The van der Waals surface area contributed by atoms with E-state index in [4.69, 9.17) is 21.4 Å². The lowest BCUT2D eigenvalue weighted by Gasteiger charge is -2.19. The van der Waals surface area contributed by atoms with Crippen LogP contribution >= 0.6 is 11.6 Å². The zero-order valence-electron chi connectivity index (χ0n) is 12.8. The summed E-state index contributed by atoms with van der Waals surface area (Å²) >= 11 is 6.10. The minimum absolute atomic E-state index is 0.0104. The predicted molar refractivity (Wildman–Crippen MR) is 85.2 cm³/mol. The number of hydrogen-bond acceptors (Lipinski definition) is 3. The minimum Gasteiger partial charge on any atom is -0.495 e. The van der Waals surface area contributed by atoms with Crippen molar-refractivity contribution in [2.24, 2.45) is 0 Å². The van der Waals surface area contributed by atoms with Gasteiger partial charge in [0.25, 0.3) is 0 Å². The molecule has 9 heteroatoms. The van der Waals surface area contributed by atoms with Crippen LogP contribution in [0, 0.1) is 0 Å². The maximum Gasteiger partial charge on any atom is 0.416 e. The maximum atomic E-state index is 13.0. The van der Waals surface area contributed by atoms with E-state index < -0.39 is 23.9 Å². The summed E-state index contributed by atoms with van der Waals surface area (Å²) in [6.45, 7) is 0. The Morgan fingerprint density at radius 3 is 2.48 bits per heavy atom. The molecule has 25 heavy (non-hydrogen) atoms. The number of carboxylic acid groups (broad SMARTS) is 1. The lowest BCUT2D eigenvalue weighted by Crippen LogP contribution is -2.14. The van der Waals surface area contributed by atoms with Crippen LogP contribution in [-0.2, 0) is 6.18 Å². The largest absolute Gasteiger partial charge is 0.495 e. The molecule has 0 aromatic heterocycles. The summed E-state index contributed by atoms with van der Waals surface area (Å²) in [6.07, 6.45) is -7.74. The quantitative estimate of drug-likeness (QED) is 0.733. The van der Waals surface area contributed by atoms with Crippen LogP contribution in [0.4, 0.5) is 23.7 Å². The highest BCUT2D eigenvalue weighted by Crippen LogP contribution is 2.39. The molecule has 0 heterocycles. The number of nitrogens with one attached hydrogen (secondary N) is 1. The second-order valence-electron chi connectivity index (χ2n) is 5.00. The second-order valence-corrected chi connectivity index (χ2v) is 5.37. The highest BCUT2D eigenvalue weighted by atomic mass is 35.5. The highest BCUT2D eigenvalue weighted by molar-refractivity contribution is 6.32. The number of alkyl halides is 3. The van der Waals surface area contributed by atoms with Crippen LogP contribution in [-0.4, -0.2) is 23.4 Å². The van der Waals surface area contributed by atoms with Gasteiger partial charge < -0.3 is 14.9 Å². The Morgan fingerprint density at radius 1 is 1.24 bits per heavy atom. The molecule has 0 saturated carbocycles. The highest BCUT2D eigenvalue weighted by Gasteiger charge is 2.32. The third-order valence-corrected chi connectivity index (χ3v) is 3.83. The molecule has 0 aliphatic rings. The number of carbonyl (C=O) groups is 1. The summed E-state index contributed by atoms with van der Waals surface area (Å²) < 4.78 is 43.9. The normalized spacial score (nSPS) is 12.6. The van der Waals surface area contributed by atoms with E-state index in [2.05, 4.69) is 0 Å². The van der Waals surface area contributed by atoms with E-state index in [0.717, 1.165) is 6.07 Å². The topological polar surface area (TPSA) is 78.8 Å². The zero-order chi connectivity index (χ0) is 18.8. The Balaban J connectivity index is 2.60. The monoisotopic (exact) mass is 375 g/mol. The lowest BCUT2D eigenvalue weighted by atomic mass is 9.97. The molecule has 2 rings (SSSR count). The first-order chi connectivity index (χ1) is 11.6. The molecule has 0 aliphatic carbocycles. The van der Waals surface area contributed by atoms with Crippen molar-refractivity contribution >= 4 is 23.4 Å². The zero-order valence-corrected chi connectivity index (χ0v) is 13.5. The van der Waals surface area contributed by atoms with E-state index in [1.165, 1.54) is 25.3 Å². The molecule has 0 radical (unpaired) electrons. The lowest BCUT2D eigenvalue weighted by molar-refractivity contribution is -0.137. The second kappa shape index (κ2) is 7.20. The molecule has 0 aliphatic heterocycles. The molecule has 5 nitrogen and oxygen atoms in total. The first-order valence-electron chi connectivity index (χ1n) is 6.86. The molecular formula is C16H13ClF3NO4. The third-order valence-electron chi connectivity index (χ3n) is 3.42. The summed E-state index contributed by atoms with van der Waals surface area (Å²) in [6, 6.07) is 6.74. The first-order valence-corrected chi connectivity index (χ1v) is 7.24. The molecule has 1 amide bonds. The molecule has 0 fully saturated rings. The molecule has 2 aromatic carbocycles. The van der Waals surface area contributed by atoms with Gasteiger partial charge in [-0.25, -0.2) is 4.79 Å². The van der Waals surface area contributed by atoms with Gasteiger partial charge in [-0.05, 0) is 24.3 Å². The number of hydrogen-bond donors (Lipinski definition) is 3. The molecule has 134 valence electrons. The van der Waals surface area contributed by atoms with E-state index in [0.29, 0.717) is 12.1 Å². The van der Waals surface area contributed by atoms with Gasteiger partial charge in [0.2, 0.25) is 0 Å². The SMILES string of the molecule is COc1cccc(C(O)c2cc(C(F)(F)F)ccc2NC(=O)O)c1Cl. The molecule has 2 aromatic rings. The van der Waals surface area contributed by atoms with Gasteiger partial charge in [0, 0.05) is 11.1 Å². The first kappa shape index (κ1) is 18.9. The van der Waals surface area contributed by atoms with Gasteiger partial charge in [0.05, 0.1) is 23.4 Å². The van der Waals surface area contributed by atoms with Crippen LogP contribution in [0.25, 0.3) is 0 Å². The van der Waals surface area contributed by atoms with Gasteiger partial charge in [0.15, 0.2) is 0 Å². The van der Waals surface area contributed by atoms with Crippen molar-refractivity contribution in [3.05, 3.63) is 58.1 Å². The number of rotatable bonds is 4. The number of methoxy groups -OCH3 is 1. The summed E-state index contributed by atoms with van der Waals surface area (Å²) in [5.41, 5.74) is -1.43. The van der Waals surface area contributed by atoms with E-state index >= 15 is 0 Å². The van der Waals surface area contributed by atoms with Crippen molar-refractivity contribution in [3.63, 3.8) is 0 Å². The number of halogens is 4. The minimum atomic E-state index is -4.66. The number of anilines is 1. The van der Waals surface area contributed by atoms with Crippen molar-refractivity contribution < 1.29 is 32.9 Å². The van der Waals surface area contributed by atoms with Gasteiger partial charge in [0.1, 0.15) is 11.9 Å². The number of ether oxygens (including phenoxy) is 1. The van der Waals surface area contributed by atoms with Gasteiger partial charge in [-0.2, -0.15) is 13.2 Å². The Hall–Kier alpha value is -2.45. The summed E-state index contributed by atoms with van der Waals surface area (Å²) in [4.78, 5) is 10.9. The fourth-order valence-electron chi connectivity index (χ4n) is 2.26. The molecule has 0 saturated heterocycles. The maximum absolute atomic E-state index is 13.0. The molecule has 1 atom stereocenters. The number of aliphatic hydroxyl groups is 1.